The lowest BCUT2D eigenvalue weighted by Gasteiger charge is -2.03. The molecule has 0 radical (unpaired) electrons. The minimum absolute atomic E-state index is 0.109. The van der Waals surface area contributed by atoms with Gasteiger partial charge in [0.25, 0.3) is 0 Å². The molecule has 0 aliphatic rings. The van der Waals surface area contributed by atoms with Crippen LogP contribution in [0, 0.1) is 0 Å². The minimum atomic E-state index is -4.52. The summed E-state index contributed by atoms with van der Waals surface area (Å²) in [5.74, 6) is -0.579. The average molecular weight is 181 g/mol. The third kappa shape index (κ3) is 1.69. The van der Waals surface area contributed by atoms with E-state index in [-0.39, 0.29) is 6.61 Å². The Morgan fingerprint density at radius 3 is 2.75 bits per heavy atom. The van der Waals surface area contributed by atoms with Crippen LogP contribution in [0.2, 0.25) is 0 Å². The van der Waals surface area contributed by atoms with E-state index in [9.17, 15) is 13.2 Å². The molecule has 1 heterocycles. The SMILES string of the molecule is CCOc1ocnc1C(F)(F)F. The summed E-state index contributed by atoms with van der Waals surface area (Å²) in [4.78, 5) is 2.99. The molecule has 1 aromatic rings. The van der Waals surface area contributed by atoms with Crippen molar-refractivity contribution in [1.82, 2.24) is 4.98 Å². The Hall–Kier alpha value is -1.20. The summed E-state index contributed by atoms with van der Waals surface area (Å²) >= 11 is 0. The molecule has 68 valence electrons. The van der Waals surface area contributed by atoms with Crippen LogP contribution >= 0.6 is 0 Å². The van der Waals surface area contributed by atoms with Gasteiger partial charge in [-0.05, 0) is 6.92 Å². The molecule has 0 saturated heterocycles. The minimum Gasteiger partial charge on any atom is -0.464 e. The van der Waals surface area contributed by atoms with Crippen molar-refractivity contribution in [1.29, 1.82) is 0 Å². The van der Waals surface area contributed by atoms with Crippen molar-refractivity contribution in [3.05, 3.63) is 12.1 Å². The van der Waals surface area contributed by atoms with Gasteiger partial charge in [-0.15, -0.1) is 0 Å². The molecular formula is C6H6F3NO2. The molecule has 0 unspecified atom stereocenters. The van der Waals surface area contributed by atoms with Crippen LogP contribution in [-0.2, 0) is 6.18 Å². The molecule has 12 heavy (non-hydrogen) atoms. The Kier molecular flexibility index (Phi) is 2.25. The fourth-order valence-electron chi connectivity index (χ4n) is 0.658. The monoisotopic (exact) mass is 181 g/mol. The van der Waals surface area contributed by atoms with Crippen molar-refractivity contribution in [2.24, 2.45) is 0 Å². The topological polar surface area (TPSA) is 35.3 Å². The van der Waals surface area contributed by atoms with Gasteiger partial charge in [-0.1, -0.05) is 0 Å². The normalized spacial score (nSPS) is 11.7. The Morgan fingerprint density at radius 1 is 1.58 bits per heavy atom. The van der Waals surface area contributed by atoms with Crippen LogP contribution in [0.15, 0.2) is 10.8 Å². The maximum absolute atomic E-state index is 12.0. The summed E-state index contributed by atoms with van der Waals surface area (Å²) in [5.41, 5.74) is -1.12. The first-order valence-corrected chi connectivity index (χ1v) is 3.19. The first kappa shape index (κ1) is 8.89. The van der Waals surface area contributed by atoms with Crippen molar-refractivity contribution in [2.75, 3.05) is 6.61 Å². The molecule has 1 aromatic heterocycles. The van der Waals surface area contributed by atoms with Crippen LogP contribution in [-0.4, -0.2) is 11.6 Å². The van der Waals surface area contributed by atoms with E-state index in [1.54, 1.807) is 6.92 Å². The summed E-state index contributed by atoms with van der Waals surface area (Å²) in [7, 11) is 0. The molecule has 0 saturated carbocycles. The second kappa shape index (κ2) is 3.04. The third-order valence-electron chi connectivity index (χ3n) is 1.08. The molecular weight excluding hydrogens is 175 g/mol. The summed E-state index contributed by atoms with van der Waals surface area (Å²) in [6.45, 7) is 1.67. The van der Waals surface area contributed by atoms with Crippen LogP contribution < -0.4 is 4.74 Å². The van der Waals surface area contributed by atoms with Crippen LogP contribution in [0.4, 0.5) is 13.2 Å². The molecule has 0 spiro atoms. The summed E-state index contributed by atoms with van der Waals surface area (Å²) < 4.78 is 44.9. The molecule has 0 aromatic carbocycles. The van der Waals surface area contributed by atoms with Crippen LogP contribution in [0.25, 0.3) is 0 Å². The lowest BCUT2D eigenvalue weighted by molar-refractivity contribution is -0.142. The fourth-order valence-corrected chi connectivity index (χ4v) is 0.658. The van der Waals surface area contributed by atoms with Crippen molar-refractivity contribution in [3.63, 3.8) is 0 Å². The van der Waals surface area contributed by atoms with Crippen molar-refractivity contribution in [3.8, 4) is 5.95 Å². The summed E-state index contributed by atoms with van der Waals surface area (Å²) in [6.07, 6.45) is -3.81. The van der Waals surface area contributed by atoms with Gasteiger partial charge in [0.05, 0.1) is 6.61 Å². The number of ether oxygens (including phenoxy) is 1. The quantitative estimate of drug-likeness (QED) is 0.700. The molecule has 0 aliphatic carbocycles. The van der Waals surface area contributed by atoms with Crippen molar-refractivity contribution < 1.29 is 22.3 Å². The molecule has 0 fully saturated rings. The van der Waals surface area contributed by atoms with Gasteiger partial charge in [-0.25, -0.2) is 4.98 Å². The first-order chi connectivity index (χ1) is 5.55. The Labute approximate surface area is 66.2 Å². The maximum atomic E-state index is 12.0. The lowest BCUT2D eigenvalue weighted by atomic mass is 10.4. The van der Waals surface area contributed by atoms with Crippen molar-refractivity contribution >= 4 is 0 Å². The second-order valence-corrected chi connectivity index (χ2v) is 1.92. The Morgan fingerprint density at radius 2 is 2.25 bits per heavy atom. The second-order valence-electron chi connectivity index (χ2n) is 1.92. The van der Waals surface area contributed by atoms with E-state index in [1.165, 1.54) is 0 Å². The standard InChI is InChI=1S/C6H6F3NO2/c1-2-11-5-4(6(7,8)9)10-3-12-5/h3H,2H2,1H3. The fraction of sp³-hybridized carbons (Fsp3) is 0.500. The summed E-state index contributed by atoms with van der Waals surface area (Å²) in [6, 6.07) is 0. The van der Waals surface area contributed by atoms with Crippen LogP contribution in [0.3, 0.4) is 0 Å². The van der Waals surface area contributed by atoms with E-state index in [0.717, 1.165) is 0 Å². The number of rotatable bonds is 2. The van der Waals surface area contributed by atoms with Gasteiger partial charge >= 0.3 is 12.1 Å². The zero-order valence-corrected chi connectivity index (χ0v) is 6.18. The zero-order valence-electron chi connectivity index (χ0n) is 6.18. The van der Waals surface area contributed by atoms with E-state index in [0.29, 0.717) is 6.39 Å². The molecule has 1 rings (SSSR count). The number of hydrogen-bond acceptors (Lipinski definition) is 3. The molecule has 0 bridgehead atoms. The number of aromatic nitrogens is 1. The highest BCUT2D eigenvalue weighted by Gasteiger charge is 2.38. The molecule has 6 heteroatoms. The highest BCUT2D eigenvalue weighted by molar-refractivity contribution is 5.16. The lowest BCUT2D eigenvalue weighted by Crippen LogP contribution is -2.08. The predicted octanol–water partition coefficient (Wildman–Crippen LogP) is 2.09. The molecule has 0 N–H and O–H groups in total. The molecule has 0 amide bonds. The smallest absolute Gasteiger partial charge is 0.440 e. The van der Waals surface area contributed by atoms with Gasteiger partial charge in [0.1, 0.15) is 0 Å². The highest BCUT2D eigenvalue weighted by Crippen LogP contribution is 2.34. The van der Waals surface area contributed by atoms with E-state index in [2.05, 4.69) is 14.1 Å². The number of halogens is 3. The average Bonchev–Trinajstić information content (AvgIpc) is 2.34. The number of nitrogens with zero attached hydrogens (tertiary/aromatic N) is 1. The Bertz CT molecular complexity index is 256. The molecule has 0 atom stereocenters. The van der Waals surface area contributed by atoms with Gasteiger partial charge in [0.15, 0.2) is 6.39 Å². The Balaban J connectivity index is 2.91. The predicted molar refractivity (Wildman–Crippen MR) is 32.7 cm³/mol. The van der Waals surface area contributed by atoms with E-state index < -0.39 is 17.8 Å². The van der Waals surface area contributed by atoms with E-state index in [1.807, 2.05) is 0 Å². The number of oxazole rings is 1. The third-order valence-corrected chi connectivity index (χ3v) is 1.08. The summed E-state index contributed by atoms with van der Waals surface area (Å²) in [5, 5.41) is 0. The van der Waals surface area contributed by atoms with Crippen LogP contribution in [0.1, 0.15) is 12.6 Å². The van der Waals surface area contributed by atoms with Crippen LogP contribution in [0.5, 0.6) is 5.95 Å². The van der Waals surface area contributed by atoms with Gasteiger partial charge in [-0.3, -0.25) is 0 Å². The molecule has 3 nitrogen and oxygen atoms in total. The largest absolute Gasteiger partial charge is 0.464 e. The van der Waals surface area contributed by atoms with E-state index in [4.69, 9.17) is 0 Å². The first-order valence-electron chi connectivity index (χ1n) is 3.19. The van der Waals surface area contributed by atoms with Crippen molar-refractivity contribution in [2.45, 2.75) is 13.1 Å². The maximum Gasteiger partial charge on any atom is 0.440 e. The van der Waals surface area contributed by atoms with Gasteiger partial charge in [0, 0.05) is 0 Å². The van der Waals surface area contributed by atoms with Gasteiger partial charge in [-0.2, -0.15) is 13.2 Å². The van der Waals surface area contributed by atoms with Gasteiger partial charge in [0.2, 0.25) is 5.69 Å². The van der Waals surface area contributed by atoms with E-state index >= 15 is 0 Å². The number of alkyl halides is 3. The highest BCUT2D eigenvalue weighted by atomic mass is 19.4. The number of hydrogen-bond donors (Lipinski definition) is 0. The van der Waals surface area contributed by atoms with Gasteiger partial charge < -0.3 is 9.15 Å². The zero-order chi connectivity index (χ0) is 9.19. The molecule has 0 aliphatic heterocycles.